The van der Waals surface area contributed by atoms with Crippen LogP contribution in [0.15, 0.2) is 36.4 Å². The first-order chi connectivity index (χ1) is 12.2. The molecule has 5 nitrogen and oxygen atoms in total. The Morgan fingerprint density at radius 3 is 2.72 bits per heavy atom. The first kappa shape index (κ1) is 17.2. The Morgan fingerprint density at radius 2 is 1.96 bits per heavy atom. The molecule has 130 valence electrons. The van der Waals surface area contributed by atoms with E-state index in [0.29, 0.717) is 12.1 Å². The zero-order chi connectivity index (χ0) is 17.8. The number of nitrogens with one attached hydrogen (secondary N) is 3. The molecule has 1 heterocycles. The fraction of sp³-hybridized carbons (Fsp3) is 0.300. The van der Waals surface area contributed by atoms with Crippen LogP contribution in [0.1, 0.15) is 28.4 Å². The number of aryl methyl sites for hydroxylation is 2. The highest BCUT2D eigenvalue weighted by Crippen LogP contribution is 2.32. The largest absolute Gasteiger partial charge is 0.351 e. The maximum atomic E-state index is 12.5. The number of hydrogen-bond donors (Lipinski definition) is 3. The normalized spacial score (nSPS) is 11.0. The van der Waals surface area contributed by atoms with Gasteiger partial charge in [0.1, 0.15) is 5.69 Å². The second-order valence-corrected chi connectivity index (χ2v) is 6.10. The van der Waals surface area contributed by atoms with Gasteiger partial charge in [0, 0.05) is 29.6 Å². The Bertz CT molecular complexity index is 898. The second-order valence-electron chi connectivity index (χ2n) is 6.10. The van der Waals surface area contributed by atoms with Gasteiger partial charge in [-0.15, -0.1) is 0 Å². The lowest BCUT2D eigenvalue weighted by molar-refractivity contribution is 0.0953. The Labute approximate surface area is 147 Å². The van der Waals surface area contributed by atoms with Gasteiger partial charge in [-0.2, -0.15) is 5.10 Å². The second kappa shape index (κ2) is 7.49. The van der Waals surface area contributed by atoms with Gasteiger partial charge in [0.25, 0.3) is 5.91 Å². The molecule has 0 fully saturated rings. The lowest BCUT2D eigenvalue weighted by Gasteiger charge is -2.10. The van der Waals surface area contributed by atoms with E-state index in [1.165, 1.54) is 5.56 Å². The van der Waals surface area contributed by atoms with Gasteiger partial charge in [-0.1, -0.05) is 31.2 Å². The van der Waals surface area contributed by atoms with Gasteiger partial charge >= 0.3 is 0 Å². The SMILES string of the molecule is CCc1ccccc1-c1n[nH]c2ccc(C(=O)NCCNC)c(C)c12. The Morgan fingerprint density at radius 1 is 1.16 bits per heavy atom. The minimum Gasteiger partial charge on any atom is -0.351 e. The summed E-state index contributed by atoms with van der Waals surface area (Å²) in [5.74, 6) is -0.0504. The van der Waals surface area contributed by atoms with E-state index in [1.54, 1.807) is 0 Å². The predicted molar refractivity (Wildman–Crippen MR) is 102 cm³/mol. The highest BCUT2D eigenvalue weighted by atomic mass is 16.1. The fourth-order valence-corrected chi connectivity index (χ4v) is 3.18. The van der Waals surface area contributed by atoms with Crippen LogP contribution in [0.2, 0.25) is 0 Å². The van der Waals surface area contributed by atoms with Crippen LogP contribution in [0.5, 0.6) is 0 Å². The Balaban J connectivity index is 2.08. The lowest BCUT2D eigenvalue weighted by Crippen LogP contribution is -2.30. The molecule has 3 rings (SSSR count). The smallest absolute Gasteiger partial charge is 0.251 e. The third kappa shape index (κ3) is 3.28. The Hall–Kier alpha value is -2.66. The monoisotopic (exact) mass is 336 g/mol. The van der Waals surface area contributed by atoms with Gasteiger partial charge < -0.3 is 10.6 Å². The third-order valence-corrected chi connectivity index (χ3v) is 4.55. The van der Waals surface area contributed by atoms with E-state index in [0.717, 1.165) is 40.7 Å². The van der Waals surface area contributed by atoms with Crippen molar-refractivity contribution in [2.45, 2.75) is 20.3 Å². The molecule has 3 N–H and O–H groups in total. The number of benzene rings is 2. The van der Waals surface area contributed by atoms with Crippen LogP contribution in [0, 0.1) is 6.92 Å². The van der Waals surface area contributed by atoms with Crippen molar-refractivity contribution in [1.82, 2.24) is 20.8 Å². The summed E-state index contributed by atoms with van der Waals surface area (Å²) in [5.41, 5.74) is 5.88. The van der Waals surface area contributed by atoms with E-state index >= 15 is 0 Å². The van der Waals surface area contributed by atoms with Crippen LogP contribution in [0.4, 0.5) is 0 Å². The molecule has 0 saturated heterocycles. The average molecular weight is 336 g/mol. The van der Waals surface area contributed by atoms with Gasteiger partial charge in [-0.25, -0.2) is 0 Å². The quantitative estimate of drug-likeness (QED) is 0.606. The van der Waals surface area contributed by atoms with Crippen molar-refractivity contribution in [1.29, 1.82) is 0 Å². The molecule has 0 aliphatic heterocycles. The van der Waals surface area contributed by atoms with E-state index in [4.69, 9.17) is 0 Å². The van der Waals surface area contributed by atoms with Crippen LogP contribution in [-0.4, -0.2) is 36.2 Å². The molecule has 0 atom stereocenters. The third-order valence-electron chi connectivity index (χ3n) is 4.55. The number of nitrogens with zero attached hydrogens (tertiary/aromatic N) is 1. The molecule has 0 aliphatic carbocycles. The molecule has 0 radical (unpaired) electrons. The molecular formula is C20H24N4O. The number of likely N-dealkylation sites (N-methyl/N-ethyl adjacent to an activating group) is 1. The van der Waals surface area contributed by atoms with Gasteiger partial charge in [-0.05, 0) is 43.7 Å². The maximum Gasteiger partial charge on any atom is 0.251 e. The summed E-state index contributed by atoms with van der Waals surface area (Å²) in [5, 5.41) is 14.6. The minimum absolute atomic E-state index is 0.0504. The molecule has 1 aromatic heterocycles. The van der Waals surface area contributed by atoms with Crippen LogP contribution in [0.25, 0.3) is 22.2 Å². The number of carbonyl (C=O) groups excluding carboxylic acids is 1. The van der Waals surface area contributed by atoms with E-state index in [9.17, 15) is 4.79 Å². The number of amides is 1. The van der Waals surface area contributed by atoms with Gasteiger partial charge in [0.05, 0.1) is 5.52 Å². The molecule has 0 saturated carbocycles. The Kier molecular flexibility index (Phi) is 5.14. The number of H-pyrrole nitrogens is 1. The predicted octanol–water partition coefficient (Wildman–Crippen LogP) is 3.05. The summed E-state index contributed by atoms with van der Waals surface area (Å²) in [4.78, 5) is 12.5. The summed E-state index contributed by atoms with van der Waals surface area (Å²) < 4.78 is 0. The summed E-state index contributed by atoms with van der Waals surface area (Å²) in [6.07, 6.45) is 0.938. The van der Waals surface area contributed by atoms with Crippen molar-refractivity contribution in [2.24, 2.45) is 0 Å². The van der Waals surface area contributed by atoms with Crippen molar-refractivity contribution in [2.75, 3.05) is 20.1 Å². The minimum atomic E-state index is -0.0504. The number of carbonyl (C=O) groups is 1. The summed E-state index contributed by atoms with van der Waals surface area (Å²) in [6, 6.07) is 12.1. The number of rotatable bonds is 6. The van der Waals surface area contributed by atoms with Crippen molar-refractivity contribution >= 4 is 16.8 Å². The van der Waals surface area contributed by atoms with Crippen molar-refractivity contribution in [3.8, 4) is 11.3 Å². The van der Waals surface area contributed by atoms with Crippen molar-refractivity contribution in [3.05, 3.63) is 53.1 Å². The van der Waals surface area contributed by atoms with E-state index < -0.39 is 0 Å². The van der Waals surface area contributed by atoms with E-state index in [1.807, 2.05) is 38.2 Å². The van der Waals surface area contributed by atoms with Crippen LogP contribution >= 0.6 is 0 Å². The maximum absolute atomic E-state index is 12.5. The van der Waals surface area contributed by atoms with Crippen molar-refractivity contribution < 1.29 is 4.79 Å². The highest BCUT2D eigenvalue weighted by molar-refractivity contribution is 6.04. The zero-order valence-corrected chi connectivity index (χ0v) is 14.9. The molecule has 3 aromatic rings. The molecule has 0 bridgehead atoms. The highest BCUT2D eigenvalue weighted by Gasteiger charge is 2.17. The lowest BCUT2D eigenvalue weighted by atomic mass is 9.96. The van der Waals surface area contributed by atoms with E-state index in [-0.39, 0.29) is 5.91 Å². The molecule has 2 aromatic carbocycles. The zero-order valence-electron chi connectivity index (χ0n) is 14.9. The molecule has 25 heavy (non-hydrogen) atoms. The summed E-state index contributed by atoms with van der Waals surface area (Å²) >= 11 is 0. The van der Waals surface area contributed by atoms with Crippen molar-refractivity contribution in [3.63, 3.8) is 0 Å². The first-order valence-electron chi connectivity index (χ1n) is 8.66. The molecule has 0 aliphatic rings. The number of fused-ring (bicyclic) bond motifs is 1. The summed E-state index contributed by atoms with van der Waals surface area (Å²) in [6.45, 7) is 5.47. The molecule has 5 heteroatoms. The van der Waals surface area contributed by atoms with Gasteiger partial charge in [0.15, 0.2) is 0 Å². The van der Waals surface area contributed by atoms with Gasteiger partial charge in [0.2, 0.25) is 0 Å². The number of aromatic nitrogens is 2. The van der Waals surface area contributed by atoms with E-state index in [2.05, 4.69) is 39.9 Å². The topological polar surface area (TPSA) is 69.8 Å². The van der Waals surface area contributed by atoms with Crippen LogP contribution < -0.4 is 10.6 Å². The van der Waals surface area contributed by atoms with Gasteiger partial charge in [-0.3, -0.25) is 9.89 Å². The van der Waals surface area contributed by atoms with Crippen LogP contribution in [-0.2, 0) is 6.42 Å². The molecular weight excluding hydrogens is 312 g/mol. The molecule has 0 spiro atoms. The molecule has 1 amide bonds. The standard InChI is InChI=1S/C20H24N4O/c1-4-14-7-5-6-8-16(14)19-18-13(2)15(9-10-17(18)23-24-19)20(25)22-12-11-21-3/h5-10,21H,4,11-12H2,1-3H3,(H,22,25)(H,23,24). The summed E-state index contributed by atoms with van der Waals surface area (Å²) in [7, 11) is 1.87. The molecule has 0 unspecified atom stereocenters. The fourth-order valence-electron chi connectivity index (χ4n) is 3.18. The number of aromatic amines is 1. The first-order valence-corrected chi connectivity index (χ1v) is 8.66. The van der Waals surface area contributed by atoms with Crippen LogP contribution in [0.3, 0.4) is 0 Å². The average Bonchev–Trinajstić information content (AvgIpc) is 3.07. The number of hydrogen-bond acceptors (Lipinski definition) is 3.